The number of hydrogen-bond acceptors (Lipinski definition) is 2. The van der Waals surface area contributed by atoms with Crippen LogP contribution in [0.3, 0.4) is 0 Å². The molecule has 0 spiro atoms. The molecule has 0 amide bonds. The summed E-state index contributed by atoms with van der Waals surface area (Å²) in [7, 11) is 0. The van der Waals surface area contributed by atoms with Crippen LogP contribution in [-0.2, 0) is 12.8 Å². The lowest BCUT2D eigenvalue weighted by Crippen LogP contribution is -2.31. The monoisotopic (exact) mass is 346 g/mol. The molecule has 0 aliphatic rings. The molecule has 1 aromatic heterocycles. The van der Waals surface area contributed by atoms with E-state index in [-0.39, 0.29) is 0 Å². The lowest BCUT2D eigenvalue weighted by molar-refractivity contribution is 0.486. The van der Waals surface area contributed by atoms with E-state index in [1.807, 2.05) is 6.20 Å². The second-order valence-corrected chi connectivity index (χ2v) is 6.31. The zero-order valence-corrected chi connectivity index (χ0v) is 14.4. The van der Waals surface area contributed by atoms with Gasteiger partial charge in [-0.05, 0) is 65.5 Å². The first kappa shape index (κ1) is 16.2. The summed E-state index contributed by atoms with van der Waals surface area (Å²) in [4.78, 5) is 4.49. The Morgan fingerprint density at radius 3 is 2.67 bits per heavy atom. The van der Waals surface area contributed by atoms with Gasteiger partial charge >= 0.3 is 0 Å². The van der Waals surface area contributed by atoms with E-state index in [0.717, 1.165) is 36.0 Å². The molecule has 0 saturated heterocycles. The molecule has 0 fully saturated rings. The summed E-state index contributed by atoms with van der Waals surface area (Å²) in [5.74, 6) is 0. The number of nitrogens with one attached hydrogen (secondary N) is 1. The van der Waals surface area contributed by atoms with Crippen molar-refractivity contribution in [2.24, 2.45) is 0 Å². The number of nitrogens with zero attached hydrogens (tertiary/aromatic N) is 1. The highest BCUT2D eigenvalue weighted by Gasteiger charge is 2.10. The Morgan fingerprint density at radius 1 is 1.19 bits per heavy atom. The van der Waals surface area contributed by atoms with E-state index in [9.17, 15) is 0 Å². The Balaban J connectivity index is 1.95. The molecule has 0 saturated carbocycles. The average Bonchev–Trinajstić information content (AvgIpc) is 2.49. The molecule has 0 bridgehead atoms. The van der Waals surface area contributed by atoms with Crippen molar-refractivity contribution < 1.29 is 0 Å². The Hall–Kier alpha value is -1.19. The molecule has 0 aliphatic carbocycles. The van der Waals surface area contributed by atoms with E-state index < -0.39 is 0 Å². The van der Waals surface area contributed by atoms with Crippen LogP contribution in [0.15, 0.2) is 47.1 Å². The molecule has 3 heteroatoms. The van der Waals surface area contributed by atoms with Crippen molar-refractivity contribution in [3.8, 4) is 0 Å². The van der Waals surface area contributed by atoms with Crippen molar-refractivity contribution in [2.45, 2.75) is 39.2 Å². The Bertz CT molecular complexity index is 551. The summed E-state index contributed by atoms with van der Waals surface area (Å²) in [6, 6.07) is 13.3. The summed E-state index contributed by atoms with van der Waals surface area (Å²) in [5, 5.41) is 3.58. The normalized spacial score (nSPS) is 12.3. The van der Waals surface area contributed by atoms with Gasteiger partial charge in [0.2, 0.25) is 0 Å². The highest BCUT2D eigenvalue weighted by atomic mass is 79.9. The molecule has 1 unspecified atom stereocenters. The van der Waals surface area contributed by atoms with Crippen LogP contribution in [0.1, 0.15) is 30.2 Å². The summed E-state index contributed by atoms with van der Waals surface area (Å²) >= 11 is 3.43. The van der Waals surface area contributed by atoms with Crippen LogP contribution in [-0.4, -0.2) is 17.6 Å². The van der Waals surface area contributed by atoms with Crippen molar-refractivity contribution >= 4 is 15.9 Å². The van der Waals surface area contributed by atoms with Gasteiger partial charge in [-0.25, -0.2) is 0 Å². The molecule has 0 aliphatic heterocycles. The highest BCUT2D eigenvalue weighted by Crippen LogP contribution is 2.14. The third-order valence-electron chi connectivity index (χ3n) is 3.76. The maximum atomic E-state index is 4.49. The fraction of sp³-hybridized carbons (Fsp3) is 0.389. The number of rotatable bonds is 7. The minimum Gasteiger partial charge on any atom is -0.314 e. The molecule has 21 heavy (non-hydrogen) atoms. The minimum absolute atomic E-state index is 0.475. The van der Waals surface area contributed by atoms with Gasteiger partial charge in [0.05, 0.1) is 0 Å². The molecule has 112 valence electrons. The second kappa shape index (κ2) is 8.30. The first-order chi connectivity index (χ1) is 10.2. The lowest BCUT2D eigenvalue weighted by Gasteiger charge is -2.18. The lowest BCUT2D eigenvalue weighted by atomic mass is 9.98. The summed E-state index contributed by atoms with van der Waals surface area (Å²) in [5.41, 5.74) is 3.98. The smallest absolute Gasteiger partial charge is 0.0419 e. The van der Waals surface area contributed by atoms with Crippen LogP contribution in [0.25, 0.3) is 0 Å². The van der Waals surface area contributed by atoms with Crippen molar-refractivity contribution in [1.29, 1.82) is 0 Å². The third-order valence-corrected chi connectivity index (χ3v) is 4.23. The molecule has 0 radical (unpaired) electrons. The van der Waals surface area contributed by atoms with Gasteiger partial charge in [-0.1, -0.05) is 31.2 Å². The van der Waals surface area contributed by atoms with Crippen LogP contribution >= 0.6 is 15.9 Å². The Kier molecular flexibility index (Phi) is 6.40. The zero-order chi connectivity index (χ0) is 15.1. The number of benzene rings is 1. The van der Waals surface area contributed by atoms with E-state index >= 15 is 0 Å². The summed E-state index contributed by atoms with van der Waals surface area (Å²) in [6.07, 6.45) is 5.10. The van der Waals surface area contributed by atoms with Crippen LogP contribution in [0.5, 0.6) is 0 Å². The number of likely N-dealkylation sites (N-methyl/N-ethyl adjacent to an activating group) is 1. The van der Waals surface area contributed by atoms with E-state index in [2.05, 4.69) is 76.5 Å². The van der Waals surface area contributed by atoms with Gasteiger partial charge in [-0.15, -0.1) is 0 Å². The van der Waals surface area contributed by atoms with Gasteiger partial charge < -0.3 is 5.32 Å². The Morgan fingerprint density at radius 2 is 2.00 bits per heavy atom. The van der Waals surface area contributed by atoms with Crippen molar-refractivity contribution in [1.82, 2.24) is 10.3 Å². The fourth-order valence-electron chi connectivity index (χ4n) is 2.56. The summed E-state index contributed by atoms with van der Waals surface area (Å²) in [6.45, 7) is 5.35. The largest absolute Gasteiger partial charge is 0.314 e. The maximum absolute atomic E-state index is 4.49. The molecule has 2 nitrogen and oxygen atoms in total. The molecule has 1 N–H and O–H groups in total. The molecular formula is C18H23BrN2. The van der Waals surface area contributed by atoms with Crippen molar-refractivity contribution in [3.05, 3.63) is 63.9 Å². The average molecular weight is 347 g/mol. The minimum atomic E-state index is 0.475. The number of aryl methyl sites for hydroxylation is 2. The molecule has 2 aromatic rings. The molecule has 1 heterocycles. The predicted molar refractivity (Wildman–Crippen MR) is 92.6 cm³/mol. The topological polar surface area (TPSA) is 24.9 Å². The number of aromatic nitrogens is 1. The standard InChI is InChI=1S/C18H23BrN2/c1-3-20-17(12-18-11-9-16(19)13-21-18)10-8-15-7-5-4-6-14(15)2/h4-7,9,11,13,17,20H,3,8,10,12H2,1-2H3. The molecule has 1 atom stereocenters. The predicted octanol–water partition coefficient (Wildman–Crippen LogP) is 4.31. The number of pyridine rings is 1. The Labute approximate surface area is 136 Å². The zero-order valence-electron chi connectivity index (χ0n) is 12.8. The van der Waals surface area contributed by atoms with Crippen molar-refractivity contribution in [3.63, 3.8) is 0 Å². The molecular weight excluding hydrogens is 324 g/mol. The van der Waals surface area contributed by atoms with Crippen LogP contribution < -0.4 is 5.32 Å². The van der Waals surface area contributed by atoms with E-state index in [1.54, 1.807) is 0 Å². The second-order valence-electron chi connectivity index (χ2n) is 5.39. The number of halogens is 1. The van der Waals surface area contributed by atoms with Gasteiger partial charge in [-0.3, -0.25) is 4.98 Å². The van der Waals surface area contributed by atoms with Crippen LogP contribution in [0.2, 0.25) is 0 Å². The van der Waals surface area contributed by atoms with Gasteiger partial charge in [0.15, 0.2) is 0 Å². The van der Waals surface area contributed by atoms with Crippen LogP contribution in [0, 0.1) is 6.92 Å². The van der Waals surface area contributed by atoms with E-state index in [0.29, 0.717) is 6.04 Å². The highest BCUT2D eigenvalue weighted by molar-refractivity contribution is 9.10. The quantitative estimate of drug-likeness (QED) is 0.808. The van der Waals surface area contributed by atoms with E-state index in [1.165, 1.54) is 11.1 Å². The van der Waals surface area contributed by atoms with Crippen molar-refractivity contribution in [2.75, 3.05) is 6.54 Å². The summed E-state index contributed by atoms with van der Waals surface area (Å²) < 4.78 is 1.03. The third kappa shape index (κ3) is 5.25. The molecule has 2 rings (SSSR count). The fourth-order valence-corrected chi connectivity index (χ4v) is 2.80. The van der Waals surface area contributed by atoms with Crippen LogP contribution in [0.4, 0.5) is 0 Å². The van der Waals surface area contributed by atoms with Gasteiger partial charge in [0.1, 0.15) is 0 Å². The van der Waals surface area contributed by atoms with Gasteiger partial charge in [0, 0.05) is 28.8 Å². The SMILES string of the molecule is CCNC(CCc1ccccc1C)Cc1ccc(Br)cn1. The van der Waals surface area contributed by atoms with E-state index in [4.69, 9.17) is 0 Å². The van der Waals surface area contributed by atoms with Gasteiger partial charge in [0.25, 0.3) is 0 Å². The van der Waals surface area contributed by atoms with Gasteiger partial charge in [-0.2, -0.15) is 0 Å². The maximum Gasteiger partial charge on any atom is 0.0419 e. The molecule has 1 aromatic carbocycles. The first-order valence-corrected chi connectivity index (χ1v) is 8.36. The number of hydrogen-bond donors (Lipinski definition) is 1. The first-order valence-electron chi connectivity index (χ1n) is 7.57.